The van der Waals surface area contributed by atoms with Gasteiger partial charge in [-0.25, -0.2) is 4.98 Å². The van der Waals surface area contributed by atoms with Crippen molar-refractivity contribution in [1.29, 1.82) is 0 Å². The van der Waals surface area contributed by atoms with Crippen molar-refractivity contribution in [2.75, 3.05) is 0 Å². The van der Waals surface area contributed by atoms with Crippen LogP contribution in [0.2, 0.25) is 0 Å². The number of pyridine rings is 1. The van der Waals surface area contributed by atoms with Crippen LogP contribution >= 0.6 is 0 Å². The number of fused-ring (bicyclic) bond motifs is 14. The zero-order valence-electron chi connectivity index (χ0n) is 65.4. The molecule has 11 aromatic carbocycles. The fourth-order valence-electron chi connectivity index (χ4n) is 15.9. The summed E-state index contributed by atoms with van der Waals surface area (Å²) in [6, 6.07) is 76.0. The first-order valence-electron chi connectivity index (χ1n) is 38.2. The number of ether oxygens (including phenoxy) is 1. The predicted octanol–water partition coefficient (Wildman–Crippen LogP) is 25.1. The zero-order chi connectivity index (χ0) is 74.3. The molecule has 0 saturated carbocycles. The molecule has 15 aromatic rings. The Morgan fingerprint density at radius 2 is 1.05 bits per heavy atom. The van der Waals surface area contributed by atoms with Gasteiger partial charge in [0.15, 0.2) is 0 Å². The molecule has 5 heterocycles. The van der Waals surface area contributed by atoms with Crippen molar-refractivity contribution in [3.8, 4) is 95.5 Å². The van der Waals surface area contributed by atoms with Crippen LogP contribution in [0.3, 0.4) is 0 Å². The quantitative estimate of drug-likeness (QED) is 0.118. The highest BCUT2D eigenvalue weighted by atomic mass is 16.5. The lowest BCUT2D eigenvalue weighted by Gasteiger charge is -2.42. The highest BCUT2D eigenvalue weighted by Gasteiger charge is 2.40. The average molecular weight is 1310 g/mol. The van der Waals surface area contributed by atoms with Crippen LogP contribution in [0.5, 0.6) is 11.5 Å². The fraction of sp³-hybridized carbons (Fsp3) is 0.234. The molecule has 0 amide bonds. The van der Waals surface area contributed by atoms with E-state index in [1.807, 2.05) is 54.7 Å². The molecule has 0 saturated heterocycles. The largest absolute Gasteiger partial charge is 0.458 e. The number of aromatic nitrogens is 4. The summed E-state index contributed by atoms with van der Waals surface area (Å²) in [7, 11) is 0. The van der Waals surface area contributed by atoms with Crippen molar-refractivity contribution < 1.29 is 21.9 Å². The van der Waals surface area contributed by atoms with Crippen molar-refractivity contribution in [3.05, 3.63) is 270 Å². The standard InChI is InChI=1S/C94H86N4O2/c1-56-24-22-25-57(2)87(56)61-46-73(58-34-37-85-76(44-58)72-31-19-21-33-84(72)100-85)88-78(47-61)75-54-80-79(93(12,13)39-40-94(80,14)15)53-74(75)68-28-16-17-29-69(68)77-45-60(59-42-63(91(6,7)8)49-64(43-59)92(9,10)11)48-83-89(77)97(88)55-96(83)65-26-23-27-66(51-65)99-67-35-36-71-70-30-18-20-32-81(70)98(82(71)52-67)86-50-62(38-41-95-86)90(3,4)5/h16-38,41-54H,39-40H2,1-15H3/i1D3,2D3. The third-order valence-electron chi connectivity index (χ3n) is 21.7. The monoisotopic (exact) mass is 1310 g/mol. The van der Waals surface area contributed by atoms with E-state index >= 15 is 0 Å². The van der Waals surface area contributed by atoms with Gasteiger partial charge in [0, 0.05) is 42.0 Å². The zero-order valence-corrected chi connectivity index (χ0v) is 59.4. The van der Waals surface area contributed by atoms with Crippen LogP contribution in [0.15, 0.2) is 229 Å². The van der Waals surface area contributed by atoms with Gasteiger partial charge in [0.2, 0.25) is 0 Å². The lowest BCUT2D eigenvalue weighted by molar-refractivity contribution is -0.570. The number of para-hydroxylation sites is 2. The number of rotatable bonds is 7. The molecule has 17 rings (SSSR count). The van der Waals surface area contributed by atoms with Gasteiger partial charge in [-0.1, -0.05) is 211 Å². The summed E-state index contributed by atoms with van der Waals surface area (Å²) in [5, 5.41) is 4.03. The minimum absolute atomic E-state index is 0.0478. The summed E-state index contributed by atoms with van der Waals surface area (Å²) >= 11 is 0. The van der Waals surface area contributed by atoms with Gasteiger partial charge >= 0.3 is 0 Å². The summed E-state index contributed by atoms with van der Waals surface area (Å²) < 4.78 is 75.7. The van der Waals surface area contributed by atoms with E-state index in [0.717, 1.165) is 135 Å². The normalized spacial score (nSPS) is 15.4. The number of benzene rings is 11. The molecule has 100 heavy (non-hydrogen) atoms. The van der Waals surface area contributed by atoms with Crippen LogP contribution < -0.4 is 9.30 Å². The van der Waals surface area contributed by atoms with Gasteiger partial charge in [0.05, 0.1) is 33.4 Å². The molecule has 6 nitrogen and oxygen atoms in total. The highest BCUT2D eigenvalue weighted by Crippen LogP contribution is 2.54. The molecule has 494 valence electrons. The Morgan fingerprint density at radius 1 is 0.450 bits per heavy atom. The molecular formula is C94H86N4O2. The second kappa shape index (κ2) is 22.5. The molecule has 0 spiro atoms. The van der Waals surface area contributed by atoms with Gasteiger partial charge < -0.3 is 9.15 Å². The molecule has 0 bridgehead atoms. The second-order valence-corrected chi connectivity index (χ2v) is 32.5. The van der Waals surface area contributed by atoms with Crippen molar-refractivity contribution >= 4 is 54.8 Å². The van der Waals surface area contributed by atoms with Crippen molar-refractivity contribution in [2.45, 2.75) is 144 Å². The van der Waals surface area contributed by atoms with Gasteiger partial charge in [-0.2, -0.15) is 0 Å². The molecule has 0 atom stereocenters. The van der Waals surface area contributed by atoms with Crippen molar-refractivity contribution in [3.63, 3.8) is 0 Å². The maximum Gasteiger partial charge on any atom is 0.269 e. The molecule has 6 heteroatoms. The van der Waals surface area contributed by atoms with E-state index in [4.69, 9.17) is 14.1 Å². The van der Waals surface area contributed by atoms with Crippen LogP contribution in [0.25, 0.3) is 139 Å². The summed E-state index contributed by atoms with van der Waals surface area (Å²) in [6.07, 6.45) is 7.98. The van der Waals surface area contributed by atoms with Gasteiger partial charge in [0.25, 0.3) is 6.33 Å². The smallest absolute Gasteiger partial charge is 0.269 e. The SMILES string of the molecule is [2H]C([2H])([2H])c1cccc(C([2H])([2H])[2H])c1-c1cc(-c2ccc3oc4ccccc4c3c2)c2c(c1)-c1cc3c(cc1-c1ccccc1-c1cc(-c4cc(C(C)(C)C)cc(C(C)(C)C)c4)cc4c1[n+]-2[c-]n4-c1cccc(Oc2ccc4c5ccccc5n(-c5cc(C(C)(C)C)ccn5)c4c2)c1)C(C)(C)CCC3(C)C. The maximum absolute atomic E-state index is 9.21. The first kappa shape index (κ1) is 56.3. The fourth-order valence-corrected chi connectivity index (χ4v) is 15.9. The highest BCUT2D eigenvalue weighted by molar-refractivity contribution is 6.11. The number of hydrogen-bond acceptors (Lipinski definition) is 3. The molecule has 2 aliphatic rings. The Morgan fingerprint density at radius 3 is 1.76 bits per heavy atom. The average Bonchev–Trinajstić information content (AvgIpc) is 1.47. The molecule has 1 aliphatic heterocycles. The van der Waals surface area contributed by atoms with E-state index in [1.165, 1.54) is 27.8 Å². The Hall–Kier alpha value is -10.6. The van der Waals surface area contributed by atoms with E-state index in [2.05, 4.69) is 262 Å². The van der Waals surface area contributed by atoms with E-state index in [-0.39, 0.29) is 43.8 Å². The third-order valence-corrected chi connectivity index (χ3v) is 21.7. The molecule has 1 aliphatic carbocycles. The van der Waals surface area contributed by atoms with E-state index < -0.39 is 13.7 Å². The Labute approximate surface area is 596 Å². The molecule has 0 N–H and O–H groups in total. The Kier molecular flexibility index (Phi) is 12.7. The maximum atomic E-state index is 9.21. The Balaban J connectivity index is 1.01. The Bertz CT molecular complexity index is 6110. The van der Waals surface area contributed by atoms with E-state index in [0.29, 0.717) is 22.6 Å². The second-order valence-electron chi connectivity index (χ2n) is 32.5. The number of furan rings is 1. The molecule has 0 fully saturated rings. The predicted molar refractivity (Wildman–Crippen MR) is 417 cm³/mol. The van der Waals surface area contributed by atoms with Crippen LogP contribution in [0, 0.1) is 20.0 Å². The molecular weight excluding hydrogens is 1220 g/mol. The van der Waals surface area contributed by atoms with Crippen LogP contribution in [0.4, 0.5) is 0 Å². The minimum atomic E-state index is -2.71. The van der Waals surface area contributed by atoms with Crippen LogP contribution in [-0.2, 0) is 27.1 Å². The van der Waals surface area contributed by atoms with E-state index in [1.54, 1.807) is 18.2 Å². The molecule has 4 aromatic heterocycles. The summed E-state index contributed by atoms with van der Waals surface area (Å²) in [6.45, 7) is 24.4. The van der Waals surface area contributed by atoms with Gasteiger partial charge in [-0.05, 0) is 250 Å². The van der Waals surface area contributed by atoms with Crippen LogP contribution in [-0.4, -0.2) is 14.1 Å². The third kappa shape index (κ3) is 10.3. The van der Waals surface area contributed by atoms with Gasteiger partial charge in [-0.15, -0.1) is 0 Å². The number of hydrogen-bond donors (Lipinski definition) is 0. The summed E-state index contributed by atoms with van der Waals surface area (Å²) in [4.78, 5) is 4.99. The lowest BCUT2D eigenvalue weighted by atomic mass is 9.62. The van der Waals surface area contributed by atoms with Gasteiger partial charge in [0.1, 0.15) is 28.5 Å². The molecule has 0 radical (unpaired) electrons. The number of imidazole rings is 1. The summed E-state index contributed by atoms with van der Waals surface area (Å²) in [5.74, 6) is 2.09. The number of nitrogens with zero attached hydrogens (tertiary/aromatic N) is 4. The van der Waals surface area contributed by atoms with Crippen molar-refractivity contribution in [2.24, 2.45) is 0 Å². The lowest BCUT2D eigenvalue weighted by Crippen LogP contribution is -2.34. The summed E-state index contributed by atoms with van der Waals surface area (Å²) in [5.41, 5.74) is 21.7. The first-order valence-corrected chi connectivity index (χ1v) is 35.2. The van der Waals surface area contributed by atoms with Crippen LogP contribution in [0.1, 0.15) is 150 Å². The van der Waals surface area contributed by atoms with Gasteiger partial charge in [-0.3, -0.25) is 13.7 Å². The van der Waals surface area contributed by atoms with E-state index in [9.17, 15) is 8.22 Å². The molecule has 0 unspecified atom stereocenters. The minimum Gasteiger partial charge on any atom is -0.458 e. The number of aryl methyl sites for hydroxylation is 2. The topological polar surface area (TPSA) is 49.0 Å². The first-order chi connectivity index (χ1) is 50.2. The van der Waals surface area contributed by atoms with Crippen molar-refractivity contribution in [1.82, 2.24) is 14.1 Å².